The van der Waals surface area contributed by atoms with Crippen molar-refractivity contribution in [1.82, 2.24) is 9.55 Å². The summed E-state index contributed by atoms with van der Waals surface area (Å²) in [5.41, 5.74) is 6.96. The van der Waals surface area contributed by atoms with Crippen LogP contribution >= 0.6 is 15.9 Å². The van der Waals surface area contributed by atoms with Gasteiger partial charge in [0.15, 0.2) is 6.23 Å². The predicted molar refractivity (Wildman–Crippen MR) is 91.9 cm³/mol. The van der Waals surface area contributed by atoms with Crippen molar-refractivity contribution >= 4 is 21.7 Å². The molecule has 8 heteroatoms. The molecule has 0 spiro atoms. The molecule has 2 aromatic rings. The molecule has 4 atom stereocenters. The maximum Gasteiger partial charge on any atom is 0.351 e. The molecule has 0 unspecified atom stereocenters. The van der Waals surface area contributed by atoms with Gasteiger partial charge in [0, 0.05) is 18.2 Å². The van der Waals surface area contributed by atoms with Gasteiger partial charge in [-0.05, 0) is 5.56 Å². The van der Waals surface area contributed by atoms with Crippen molar-refractivity contribution in [3.8, 4) is 0 Å². The van der Waals surface area contributed by atoms with E-state index in [-0.39, 0.29) is 12.4 Å². The maximum atomic E-state index is 12.2. The highest BCUT2D eigenvalue weighted by Gasteiger charge is 2.43. The van der Waals surface area contributed by atoms with Gasteiger partial charge in [0.2, 0.25) is 0 Å². The highest BCUT2D eigenvalue weighted by atomic mass is 79.9. The monoisotopic (exact) mass is 395 g/mol. The molecular weight excluding hydrogens is 378 g/mol. The second-order valence-electron chi connectivity index (χ2n) is 5.69. The quantitative estimate of drug-likeness (QED) is 0.647. The first kappa shape index (κ1) is 17.1. The van der Waals surface area contributed by atoms with Gasteiger partial charge in [0.05, 0.1) is 17.5 Å². The van der Waals surface area contributed by atoms with E-state index in [9.17, 15) is 15.0 Å². The first-order valence-electron chi connectivity index (χ1n) is 7.51. The van der Waals surface area contributed by atoms with E-state index in [0.717, 1.165) is 5.56 Å². The zero-order valence-corrected chi connectivity index (χ0v) is 14.3. The number of aliphatic hydroxyl groups is 2. The predicted octanol–water partition coefficient (Wildman–Crippen LogP) is 0.430. The Hall–Kier alpha value is -1.74. The van der Waals surface area contributed by atoms with Crippen molar-refractivity contribution in [2.45, 2.75) is 29.7 Å². The Bertz CT molecular complexity index is 768. The van der Waals surface area contributed by atoms with Crippen LogP contribution < -0.4 is 11.4 Å². The van der Waals surface area contributed by atoms with E-state index in [1.54, 1.807) is 6.20 Å². The molecule has 1 fully saturated rings. The second kappa shape index (κ2) is 7.02. The van der Waals surface area contributed by atoms with Crippen molar-refractivity contribution in [1.29, 1.82) is 0 Å². The number of aliphatic hydroxyl groups excluding tert-OH is 2. The average Bonchev–Trinajstić information content (AvgIpc) is 2.86. The van der Waals surface area contributed by atoms with Crippen molar-refractivity contribution in [3.05, 3.63) is 58.1 Å². The third-order valence-electron chi connectivity index (χ3n) is 4.04. The van der Waals surface area contributed by atoms with Crippen LogP contribution in [0.1, 0.15) is 17.4 Å². The molecule has 1 aromatic carbocycles. The number of anilines is 1. The highest BCUT2D eigenvalue weighted by Crippen LogP contribution is 2.33. The van der Waals surface area contributed by atoms with Gasteiger partial charge >= 0.3 is 5.69 Å². The first-order valence-corrected chi connectivity index (χ1v) is 8.42. The molecule has 0 saturated carbocycles. The van der Waals surface area contributed by atoms with Crippen LogP contribution in [0.5, 0.6) is 0 Å². The molecule has 1 aliphatic rings. The number of aromatic nitrogens is 2. The fourth-order valence-corrected chi connectivity index (χ4v) is 3.29. The normalized spacial score (nSPS) is 26.6. The van der Waals surface area contributed by atoms with E-state index in [1.165, 1.54) is 4.57 Å². The molecule has 2 heterocycles. The molecule has 0 amide bonds. The minimum absolute atomic E-state index is 0.154. The van der Waals surface area contributed by atoms with E-state index >= 15 is 0 Å². The number of ether oxygens (including phenoxy) is 1. The van der Waals surface area contributed by atoms with Crippen molar-refractivity contribution in [3.63, 3.8) is 0 Å². The summed E-state index contributed by atoms with van der Waals surface area (Å²) in [7, 11) is 0. The third kappa shape index (κ3) is 3.23. The van der Waals surface area contributed by atoms with Gasteiger partial charge in [0.1, 0.15) is 11.9 Å². The molecule has 24 heavy (non-hydrogen) atoms. The van der Waals surface area contributed by atoms with E-state index in [1.807, 2.05) is 30.3 Å². The summed E-state index contributed by atoms with van der Waals surface area (Å²) in [5, 5.41) is 19.6. The topological polar surface area (TPSA) is 111 Å². The molecular formula is C16H18BrN3O4. The smallest absolute Gasteiger partial charge is 0.351 e. The zero-order chi connectivity index (χ0) is 17.3. The Morgan fingerprint density at radius 1 is 1.33 bits per heavy atom. The molecule has 128 valence electrons. The van der Waals surface area contributed by atoms with Gasteiger partial charge in [-0.15, -0.1) is 0 Å². The number of halogens is 1. The summed E-state index contributed by atoms with van der Waals surface area (Å²) in [4.78, 5) is 15.5. The van der Waals surface area contributed by atoms with E-state index in [2.05, 4.69) is 20.9 Å². The van der Waals surface area contributed by atoms with Crippen LogP contribution in [-0.2, 0) is 11.2 Å². The minimum atomic E-state index is -0.991. The highest BCUT2D eigenvalue weighted by molar-refractivity contribution is 9.09. The standard InChI is InChI=1S/C16H18BrN3O4/c17-12-11(8-21)24-15(13(12)22)20-7-10(14(18)19-16(20)23)6-9-4-2-1-3-5-9/h1-5,7,11-13,15,21-22H,6,8H2,(H2,18,19,23)/t11-,12+,13-,15-/m1/s1. The molecule has 7 nitrogen and oxygen atoms in total. The third-order valence-corrected chi connectivity index (χ3v) is 5.17. The molecule has 1 aromatic heterocycles. The van der Waals surface area contributed by atoms with Gasteiger partial charge in [-0.25, -0.2) is 4.79 Å². The molecule has 0 aliphatic carbocycles. The van der Waals surface area contributed by atoms with Crippen molar-refractivity contribution in [2.24, 2.45) is 0 Å². The largest absolute Gasteiger partial charge is 0.394 e. The number of rotatable bonds is 4. The van der Waals surface area contributed by atoms with Crippen LogP contribution in [-0.4, -0.2) is 43.4 Å². The number of hydrogen-bond donors (Lipinski definition) is 3. The fraction of sp³-hybridized carbons (Fsp3) is 0.375. The summed E-state index contributed by atoms with van der Waals surface area (Å²) in [6.45, 7) is -0.266. The van der Waals surface area contributed by atoms with Crippen LogP contribution in [0.25, 0.3) is 0 Å². The van der Waals surface area contributed by atoms with E-state index < -0.39 is 29.0 Å². The molecule has 1 aliphatic heterocycles. The Labute approximate surface area is 146 Å². The summed E-state index contributed by atoms with van der Waals surface area (Å²) >= 11 is 3.28. The van der Waals surface area contributed by atoms with Gasteiger partial charge in [-0.1, -0.05) is 46.3 Å². The number of alkyl halides is 1. The van der Waals surface area contributed by atoms with Crippen LogP contribution in [0.2, 0.25) is 0 Å². The molecule has 3 rings (SSSR count). The lowest BCUT2D eigenvalue weighted by Crippen LogP contribution is -2.34. The van der Waals surface area contributed by atoms with E-state index in [0.29, 0.717) is 12.0 Å². The summed E-state index contributed by atoms with van der Waals surface area (Å²) in [6.07, 6.45) is -0.460. The zero-order valence-electron chi connectivity index (χ0n) is 12.7. The van der Waals surface area contributed by atoms with Crippen LogP contribution in [0.4, 0.5) is 5.82 Å². The van der Waals surface area contributed by atoms with Crippen LogP contribution in [0.3, 0.4) is 0 Å². The fourth-order valence-electron chi connectivity index (χ4n) is 2.74. The lowest BCUT2D eigenvalue weighted by atomic mass is 10.1. The summed E-state index contributed by atoms with van der Waals surface area (Å²) in [5.74, 6) is 0.154. The number of nitrogens with zero attached hydrogens (tertiary/aromatic N) is 2. The number of hydrogen-bond acceptors (Lipinski definition) is 6. The van der Waals surface area contributed by atoms with Crippen LogP contribution in [0, 0.1) is 0 Å². The molecule has 4 N–H and O–H groups in total. The lowest BCUT2D eigenvalue weighted by Gasteiger charge is -2.19. The number of nitrogens with two attached hydrogens (primary N) is 1. The van der Waals surface area contributed by atoms with Gasteiger partial charge in [0.25, 0.3) is 0 Å². The summed E-state index contributed by atoms with van der Waals surface area (Å²) in [6, 6.07) is 9.65. The number of nitrogen functional groups attached to an aromatic ring is 1. The Balaban J connectivity index is 1.94. The van der Waals surface area contributed by atoms with Crippen LogP contribution in [0.15, 0.2) is 41.3 Å². The Morgan fingerprint density at radius 3 is 2.67 bits per heavy atom. The Morgan fingerprint density at radius 2 is 2.04 bits per heavy atom. The average molecular weight is 396 g/mol. The van der Waals surface area contributed by atoms with Gasteiger partial charge < -0.3 is 20.7 Å². The van der Waals surface area contributed by atoms with Crippen molar-refractivity contribution < 1.29 is 14.9 Å². The van der Waals surface area contributed by atoms with Gasteiger partial charge in [-0.2, -0.15) is 4.98 Å². The first-order chi connectivity index (χ1) is 11.5. The molecule has 0 radical (unpaired) electrons. The Kier molecular flexibility index (Phi) is 5.00. The van der Waals surface area contributed by atoms with Crippen molar-refractivity contribution in [2.75, 3.05) is 12.3 Å². The molecule has 1 saturated heterocycles. The molecule has 0 bridgehead atoms. The SMILES string of the molecule is Nc1nc(=O)n([C@@H]2O[C@H](CO)[C@H](Br)[C@H]2O)cc1Cc1ccccc1. The lowest BCUT2D eigenvalue weighted by molar-refractivity contribution is -0.0530. The number of benzene rings is 1. The second-order valence-corrected chi connectivity index (χ2v) is 6.74. The van der Waals surface area contributed by atoms with Gasteiger partial charge in [-0.3, -0.25) is 4.57 Å². The van der Waals surface area contributed by atoms with E-state index in [4.69, 9.17) is 10.5 Å². The summed E-state index contributed by atoms with van der Waals surface area (Å²) < 4.78 is 6.81. The minimum Gasteiger partial charge on any atom is -0.394 e. The maximum absolute atomic E-state index is 12.2.